The molecular formula is C15H21ClF2N2O2. The molecule has 124 valence electrons. The van der Waals surface area contributed by atoms with E-state index >= 15 is 0 Å². The summed E-state index contributed by atoms with van der Waals surface area (Å²) in [7, 11) is 0. The maximum absolute atomic E-state index is 13.7. The van der Waals surface area contributed by atoms with Gasteiger partial charge in [0.1, 0.15) is 5.82 Å². The highest BCUT2D eigenvalue weighted by Gasteiger charge is 2.22. The summed E-state index contributed by atoms with van der Waals surface area (Å²) in [6, 6.07) is 1.04. The Balaban J connectivity index is 2.91. The summed E-state index contributed by atoms with van der Waals surface area (Å²) in [6.45, 7) is 6.55. The minimum Gasteiger partial charge on any atom is -0.396 e. The molecule has 0 saturated heterocycles. The molecular weight excluding hydrogens is 314 g/mol. The van der Waals surface area contributed by atoms with Crippen molar-refractivity contribution in [3.05, 3.63) is 28.8 Å². The summed E-state index contributed by atoms with van der Waals surface area (Å²) >= 11 is 5.77. The first-order valence-electron chi connectivity index (χ1n) is 6.95. The van der Waals surface area contributed by atoms with Crippen LogP contribution in [0.2, 0.25) is 5.02 Å². The quantitative estimate of drug-likeness (QED) is 0.858. The third-order valence-corrected chi connectivity index (χ3v) is 3.08. The summed E-state index contributed by atoms with van der Waals surface area (Å²) in [4.78, 5) is 13.8. The van der Waals surface area contributed by atoms with Gasteiger partial charge in [-0.15, -0.1) is 0 Å². The van der Waals surface area contributed by atoms with Crippen LogP contribution in [0.5, 0.6) is 0 Å². The number of urea groups is 1. The smallest absolute Gasteiger partial charge is 0.321 e. The van der Waals surface area contributed by atoms with E-state index in [0.29, 0.717) is 25.6 Å². The molecule has 22 heavy (non-hydrogen) atoms. The number of nitrogens with zero attached hydrogens (tertiary/aromatic N) is 1. The van der Waals surface area contributed by atoms with Crippen LogP contribution >= 0.6 is 11.6 Å². The van der Waals surface area contributed by atoms with Crippen molar-refractivity contribution in [2.75, 3.05) is 25.0 Å². The molecule has 1 rings (SSSR count). The van der Waals surface area contributed by atoms with Crippen LogP contribution in [0.25, 0.3) is 0 Å². The fraction of sp³-hybridized carbons (Fsp3) is 0.533. The summed E-state index contributed by atoms with van der Waals surface area (Å²) < 4.78 is 26.7. The second-order valence-electron chi connectivity index (χ2n) is 6.23. The molecule has 0 bridgehead atoms. The van der Waals surface area contributed by atoms with Gasteiger partial charge in [0.05, 0.1) is 10.7 Å². The van der Waals surface area contributed by atoms with E-state index in [0.717, 1.165) is 6.07 Å². The summed E-state index contributed by atoms with van der Waals surface area (Å²) in [5.74, 6) is -1.75. The molecule has 0 heterocycles. The van der Waals surface area contributed by atoms with Crippen LogP contribution in [0.15, 0.2) is 12.1 Å². The highest BCUT2D eigenvalue weighted by atomic mass is 35.5. The largest absolute Gasteiger partial charge is 0.396 e. The van der Waals surface area contributed by atoms with Crippen LogP contribution in [0, 0.1) is 17.0 Å². The number of aliphatic hydroxyl groups excluding tert-OH is 1. The highest BCUT2D eigenvalue weighted by molar-refractivity contribution is 6.33. The number of nitrogens with one attached hydrogen (secondary N) is 1. The predicted molar refractivity (Wildman–Crippen MR) is 83.1 cm³/mol. The number of anilines is 1. The second-order valence-corrected chi connectivity index (χ2v) is 6.64. The zero-order chi connectivity index (χ0) is 16.9. The third kappa shape index (κ3) is 5.77. The maximum Gasteiger partial charge on any atom is 0.321 e. The SMILES string of the molecule is CC(C)(C)CN(CCCO)C(=O)Nc1c(F)cc(F)cc1Cl. The first-order valence-corrected chi connectivity index (χ1v) is 7.33. The Labute approximate surface area is 134 Å². The molecule has 1 aromatic rings. The number of benzene rings is 1. The Hall–Kier alpha value is -1.40. The lowest BCUT2D eigenvalue weighted by molar-refractivity contribution is 0.176. The van der Waals surface area contributed by atoms with Gasteiger partial charge in [0.15, 0.2) is 5.82 Å². The topological polar surface area (TPSA) is 52.6 Å². The number of hydrogen-bond acceptors (Lipinski definition) is 2. The molecule has 0 fully saturated rings. The van der Waals surface area contributed by atoms with Gasteiger partial charge in [0.2, 0.25) is 0 Å². The maximum atomic E-state index is 13.7. The molecule has 0 radical (unpaired) electrons. The van der Waals surface area contributed by atoms with E-state index in [9.17, 15) is 13.6 Å². The van der Waals surface area contributed by atoms with Crippen molar-refractivity contribution >= 4 is 23.3 Å². The van der Waals surface area contributed by atoms with E-state index in [1.807, 2.05) is 20.8 Å². The van der Waals surface area contributed by atoms with E-state index in [4.69, 9.17) is 16.7 Å². The number of aliphatic hydroxyl groups is 1. The number of rotatable bonds is 5. The van der Waals surface area contributed by atoms with Gasteiger partial charge in [-0.2, -0.15) is 0 Å². The summed E-state index contributed by atoms with van der Waals surface area (Å²) in [5, 5.41) is 11.1. The minimum absolute atomic E-state index is 0.0560. The lowest BCUT2D eigenvalue weighted by Crippen LogP contribution is -2.41. The van der Waals surface area contributed by atoms with Crippen molar-refractivity contribution in [2.24, 2.45) is 5.41 Å². The average molecular weight is 335 g/mol. The van der Waals surface area contributed by atoms with E-state index in [-0.39, 0.29) is 22.7 Å². The van der Waals surface area contributed by atoms with Gasteiger partial charge in [-0.05, 0) is 17.9 Å². The third-order valence-electron chi connectivity index (χ3n) is 2.78. The standard InChI is InChI=1S/C15H21ClF2N2O2/c1-15(2,3)9-20(5-4-6-21)14(22)19-13-11(16)7-10(17)8-12(13)18/h7-8,21H,4-6,9H2,1-3H3,(H,19,22). The molecule has 2 N–H and O–H groups in total. The molecule has 0 aliphatic carbocycles. The van der Waals surface area contributed by atoms with E-state index in [2.05, 4.69) is 5.32 Å². The van der Waals surface area contributed by atoms with Crippen LogP contribution in [-0.2, 0) is 0 Å². The van der Waals surface area contributed by atoms with Crippen molar-refractivity contribution in [3.8, 4) is 0 Å². The molecule has 2 amide bonds. The molecule has 7 heteroatoms. The van der Waals surface area contributed by atoms with Gasteiger partial charge in [0, 0.05) is 25.8 Å². The fourth-order valence-electron chi connectivity index (χ4n) is 1.93. The van der Waals surface area contributed by atoms with Crippen LogP contribution in [0.3, 0.4) is 0 Å². The molecule has 0 saturated carbocycles. The zero-order valence-electron chi connectivity index (χ0n) is 12.9. The van der Waals surface area contributed by atoms with Gasteiger partial charge in [-0.3, -0.25) is 0 Å². The van der Waals surface area contributed by atoms with Gasteiger partial charge in [-0.25, -0.2) is 13.6 Å². The van der Waals surface area contributed by atoms with Crippen LogP contribution in [-0.4, -0.2) is 35.7 Å². The normalized spacial score (nSPS) is 11.4. The van der Waals surface area contributed by atoms with Crippen LogP contribution in [0.4, 0.5) is 19.3 Å². The van der Waals surface area contributed by atoms with Crippen LogP contribution in [0.1, 0.15) is 27.2 Å². The molecule has 4 nitrogen and oxygen atoms in total. The fourth-order valence-corrected chi connectivity index (χ4v) is 2.18. The number of hydrogen-bond donors (Lipinski definition) is 2. The predicted octanol–water partition coefficient (Wildman–Crippen LogP) is 3.88. The Morgan fingerprint density at radius 2 is 2.00 bits per heavy atom. The molecule has 0 spiro atoms. The molecule has 0 atom stereocenters. The Bertz CT molecular complexity index is 510. The molecule has 1 aromatic carbocycles. The van der Waals surface area contributed by atoms with E-state index in [1.54, 1.807) is 0 Å². The zero-order valence-corrected chi connectivity index (χ0v) is 13.7. The molecule has 0 aliphatic rings. The average Bonchev–Trinajstić information content (AvgIpc) is 2.37. The van der Waals surface area contributed by atoms with Crippen molar-refractivity contribution in [1.82, 2.24) is 4.90 Å². The van der Waals surface area contributed by atoms with Gasteiger partial charge >= 0.3 is 6.03 Å². The summed E-state index contributed by atoms with van der Waals surface area (Å²) in [5.41, 5.74) is -0.422. The Morgan fingerprint density at radius 1 is 1.36 bits per heavy atom. The van der Waals surface area contributed by atoms with Crippen molar-refractivity contribution < 1.29 is 18.7 Å². The molecule has 0 unspecified atom stereocenters. The molecule has 0 aliphatic heterocycles. The van der Waals surface area contributed by atoms with Gasteiger partial charge in [0.25, 0.3) is 0 Å². The Morgan fingerprint density at radius 3 is 2.50 bits per heavy atom. The lowest BCUT2D eigenvalue weighted by Gasteiger charge is -2.30. The first-order chi connectivity index (χ1) is 10.1. The second kappa shape index (κ2) is 7.74. The highest BCUT2D eigenvalue weighted by Crippen LogP contribution is 2.27. The number of halogens is 3. The number of carbonyl (C=O) groups excluding carboxylic acids is 1. The van der Waals surface area contributed by atoms with Crippen LogP contribution < -0.4 is 5.32 Å². The first kappa shape index (κ1) is 18.6. The Kier molecular flexibility index (Phi) is 6.56. The van der Waals surface area contributed by atoms with Crippen molar-refractivity contribution in [2.45, 2.75) is 27.2 Å². The minimum atomic E-state index is -0.934. The lowest BCUT2D eigenvalue weighted by atomic mass is 9.96. The van der Waals surface area contributed by atoms with Crippen molar-refractivity contribution in [1.29, 1.82) is 0 Å². The van der Waals surface area contributed by atoms with Gasteiger partial charge < -0.3 is 15.3 Å². The van der Waals surface area contributed by atoms with E-state index in [1.165, 1.54) is 4.90 Å². The molecule has 0 aromatic heterocycles. The van der Waals surface area contributed by atoms with Gasteiger partial charge in [-0.1, -0.05) is 32.4 Å². The summed E-state index contributed by atoms with van der Waals surface area (Å²) in [6.07, 6.45) is 0.406. The van der Waals surface area contributed by atoms with Crippen molar-refractivity contribution in [3.63, 3.8) is 0 Å². The number of carbonyl (C=O) groups is 1. The van der Waals surface area contributed by atoms with E-state index < -0.39 is 17.7 Å². The monoisotopic (exact) mass is 334 g/mol. The number of amides is 2.